The summed E-state index contributed by atoms with van der Waals surface area (Å²) in [5.41, 5.74) is 4.15. The lowest BCUT2D eigenvalue weighted by atomic mass is 11.5. The van der Waals surface area contributed by atoms with E-state index in [9.17, 15) is 0 Å². The summed E-state index contributed by atoms with van der Waals surface area (Å²) in [6, 6.07) is 0. The molecule has 25 valence electrons. The van der Waals surface area contributed by atoms with Crippen LogP contribution in [0, 0.1) is 18.9 Å². The Morgan fingerprint density at radius 3 is 1.60 bits per heavy atom. The molecule has 0 aromatic rings. The molecule has 0 amide bonds. The van der Waals surface area contributed by atoms with Crippen LogP contribution in [-0.4, -0.2) is 0 Å². The highest BCUT2D eigenvalue weighted by Crippen LogP contribution is 0.900. The highest BCUT2D eigenvalue weighted by Gasteiger charge is 1.12. The van der Waals surface area contributed by atoms with E-state index < -0.39 is 0 Å². The first kappa shape index (κ1) is 28.7. The smallest absolute Gasteiger partial charge is 0.173 e. The largest absolute Gasteiger partial charge is 0.337 e. The van der Waals surface area contributed by atoms with Gasteiger partial charge in [-0.1, -0.05) is 0 Å². The first-order valence-corrected chi connectivity index (χ1v) is 0.512. The SMILES string of the molecule is N#CN.[C].[N]. The highest BCUT2D eigenvalue weighted by molar-refractivity contribution is 4.46. The van der Waals surface area contributed by atoms with Gasteiger partial charge in [0.05, 0.1) is 0 Å². The van der Waals surface area contributed by atoms with Crippen molar-refractivity contribution in [1.82, 2.24) is 6.15 Å². The maximum atomic E-state index is 7.10. The zero-order valence-corrected chi connectivity index (χ0v) is 2.47. The Labute approximate surface area is 32.0 Å². The molecule has 0 bridgehead atoms. The lowest BCUT2D eigenvalue weighted by Crippen LogP contribution is -1.69. The van der Waals surface area contributed by atoms with Crippen LogP contribution in [0.5, 0.6) is 0 Å². The first-order valence-electron chi connectivity index (χ1n) is 0.512. The van der Waals surface area contributed by atoms with Crippen LogP contribution in [0.15, 0.2) is 0 Å². The molecule has 0 aromatic carbocycles. The molecule has 3 nitrogen and oxygen atoms in total. The van der Waals surface area contributed by atoms with Gasteiger partial charge >= 0.3 is 0 Å². The fourth-order valence-electron chi connectivity index (χ4n) is 0. The maximum Gasteiger partial charge on any atom is 0.173 e. The van der Waals surface area contributed by atoms with Crippen molar-refractivity contribution in [3.8, 4) is 6.19 Å². The Morgan fingerprint density at radius 1 is 1.60 bits per heavy atom. The second-order valence-corrected chi connectivity index (χ2v) is 0.129. The number of hydrogen-bond acceptors (Lipinski definition) is 2. The van der Waals surface area contributed by atoms with Crippen LogP contribution in [0.25, 0.3) is 0 Å². The molecule has 0 atom stereocenters. The third-order valence-corrected chi connectivity index (χ3v) is 0. The van der Waals surface area contributed by atoms with Gasteiger partial charge in [0.2, 0.25) is 0 Å². The topological polar surface area (TPSA) is 80.3 Å². The lowest BCUT2D eigenvalue weighted by Gasteiger charge is -1.24. The summed E-state index contributed by atoms with van der Waals surface area (Å²) in [6.07, 6.45) is 1.25. The summed E-state index contributed by atoms with van der Waals surface area (Å²) in [6.45, 7) is 0. The van der Waals surface area contributed by atoms with Gasteiger partial charge in [0, 0.05) is 13.6 Å². The van der Waals surface area contributed by atoms with Crippen LogP contribution in [0.1, 0.15) is 0 Å². The van der Waals surface area contributed by atoms with Crippen LogP contribution in [-0.2, 0) is 0 Å². The summed E-state index contributed by atoms with van der Waals surface area (Å²) in [7, 11) is 0. The molecule has 0 rings (SSSR count). The van der Waals surface area contributed by atoms with E-state index in [-0.39, 0.29) is 13.6 Å². The maximum absolute atomic E-state index is 7.10. The average Bonchev–Trinajstić information content (AvgIpc) is 0.918. The van der Waals surface area contributed by atoms with E-state index in [1.165, 1.54) is 6.19 Å². The van der Waals surface area contributed by atoms with Crippen molar-refractivity contribution < 1.29 is 0 Å². The Hall–Kier alpha value is -0.750. The van der Waals surface area contributed by atoms with Gasteiger partial charge in [-0.15, -0.1) is 0 Å². The number of nitrogens with two attached hydrogens (primary N) is 1. The first-order chi connectivity index (χ1) is 1.41. The van der Waals surface area contributed by atoms with Gasteiger partial charge in [0.15, 0.2) is 6.19 Å². The zero-order chi connectivity index (χ0) is 2.71. The molecule has 0 aliphatic heterocycles. The Morgan fingerprint density at radius 2 is 1.60 bits per heavy atom. The molecule has 0 saturated carbocycles. The van der Waals surface area contributed by atoms with Crippen LogP contribution in [0.4, 0.5) is 0 Å². The van der Waals surface area contributed by atoms with Gasteiger partial charge in [-0.25, -0.2) is 0 Å². The van der Waals surface area contributed by atoms with Crippen molar-refractivity contribution in [2.45, 2.75) is 0 Å². The third-order valence-electron chi connectivity index (χ3n) is 0. The van der Waals surface area contributed by atoms with Crippen LogP contribution in [0.2, 0.25) is 0 Å². The van der Waals surface area contributed by atoms with Gasteiger partial charge in [-0.05, 0) is 0 Å². The summed E-state index contributed by atoms with van der Waals surface area (Å²) in [5.74, 6) is 0. The standard InChI is InChI=1S/CH2N2.C.N/c2-1-3;;/h2H2;;. The van der Waals surface area contributed by atoms with E-state index in [2.05, 4.69) is 5.73 Å². The van der Waals surface area contributed by atoms with E-state index in [1.54, 1.807) is 0 Å². The molecule has 0 spiro atoms. The fraction of sp³-hybridized carbons (Fsp3) is 0. The number of nitriles is 1. The van der Waals surface area contributed by atoms with Crippen molar-refractivity contribution in [3.05, 3.63) is 7.43 Å². The van der Waals surface area contributed by atoms with Crippen LogP contribution in [0.3, 0.4) is 0 Å². The van der Waals surface area contributed by atoms with Crippen LogP contribution >= 0.6 is 0 Å². The number of hydrogen-bond donors (Lipinski definition) is 1. The Bertz CT molecular complexity index is 26.4. The van der Waals surface area contributed by atoms with Gasteiger partial charge in [0.25, 0.3) is 0 Å². The Balaban J connectivity index is -0.0000000200. The molecule has 0 aliphatic carbocycles. The highest BCUT2D eigenvalue weighted by atomic mass is 14.5. The van der Waals surface area contributed by atoms with Crippen molar-refractivity contribution in [2.24, 2.45) is 5.73 Å². The van der Waals surface area contributed by atoms with Gasteiger partial charge in [0.1, 0.15) is 0 Å². The number of nitrogens with zero attached hydrogens (tertiary/aromatic N) is 2. The minimum Gasteiger partial charge on any atom is -0.337 e. The molecule has 0 heterocycles. The van der Waals surface area contributed by atoms with E-state index in [0.29, 0.717) is 0 Å². The normalized spacial score (nSPS) is 1.40. The quantitative estimate of drug-likeness (QED) is 0.292. The molecule has 7 radical (unpaired) electrons. The molecule has 0 saturated heterocycles. The lowest BCUT2D eigenvalue weighted by molar-refractivity contribution is 1.45. The van der Waals surface area contributed by atoms with E-state index in [0.717, 1.165) is 0 Å². The zero-order valence-electron chi connectivity index (χ0n) is 2.47. The average molecular weight is 68.1 g/mol. The second kappa shape index (κ2) is 263. The van der Waals surface area contributed by atoms with E-state index in [1.807, 2.05) is 0 Å². The summed E-state index contributed by atoms with van der Waals surface area (Å²) in [4.78, 5) is 0. The monoisotopic (exact) mass is 68.0 g/mol. The molecule has 0 unspecified atom stereocenters. The van der Waals surface area contributed by atoms with Gasteiger partial charge < -0.3 is 5.73 Å². The molecule has 0 fully saturated rings. The third kappa shape index (κ3) is 9.03. The number of rotatable bonds is 0. The fourth-order valence-corrected chi connectivity index (χ4v) is 0. The molecule has 0 aliphatic rings. The summed E-state index contributed by atoms with van der Waals surface area (Å²) < 4.78 is 0. The molecule has 5 heavy (non-hydrogen) atoms. The molecule has 3 heteroatoms. The predicted molar refractivity (Wildman–Crippen MR) is 15.2 cm³/mol. The van der Waals surface area contributed by atoms with E-state index in [4.69, 9.17) is 5.26 Å². The van der Waals surface area contributed by atoms with Gasteiger partial charge in [-0.3, -0.25) is 0 Å². The second-order valence-electron chi connectivity index (χ2n) is 0.129. The summed E-state index contributed by atoms with van der Waals surface area (Å²) >= 11 is 0. The molecule has 2 N–H and O–H groups in total. The van der Waals surface area contributed by atoms with Crippen molar-refractivity contribution in [2.75, 3.05) is 0 Å². The minimum absolute atomic E-state index is 0. The minimum atomic E-state index is 0. The van der Waals surface area contributed by atoms with E-state index >= 15 is 0 Å². The van der Waals surface area contributed by atoms with Crippen molar-refractivity contribution in [1.29, 1.82) is 5.26 Å². The molecular formula is C2H2N3. The predicted octanol–water partition coefficient (Wildman–Crippen LogP) is -0.973. The van der Waals surface area contributed by atoms with Crippen molar-refractivity contribution in [3.63, 3.8) is 0 Å². The Kier molecular flexibility index (Phi) is 1510. The molecular weight excluding hydrogens is 66.0 g/mol. The summed E-state index contributed by atoms with van der Waals surface area (Å²) in [5, 5.41) is 7.10. The van der Waals surface area contributed by atoms with Crippen LogP contribution < -0.4 is 11.9 Å². The van der Waals surface area contributed by atoms with Gasteiger partial charge in [-0.2, -0.15) is 5.26 Å². The van der Waals surface area contributed by atoms with Crippen molar-refractivity contribution >= 4 is 0 Å². The molecule has 0 aromatic heterocycles.